The minimum Gasteiger partial charge on any atom is -0.461 e. The average Bonchev–Trinajstić information content (AvgIpc) is 2.48. The zero-order valence-corrected chi connectivity index (χ0v) is 12.2. The maximum atomic E-state index is 12.2. The van der Waals surface area contributed by atoms with Crippen molar-refractivity contribution in [2.24, 2.45) is 5.73 Å². The van der Waals surface area contributed by atoms with Crippen LogP contribution in [-0.2, 0) is 6.42 Å². The Balaban J connectivity index is 0.00000161. The fraction of sp³-hybridized carbons (Fsp3) is 0.118. The summed E-state index contributed by atoms with van der Waals surface area (Å²) in [5.74, 6) is 0.637. The fourth-order valence-corrected chi connectivity index (χ4v) is 2.28. The van der Waals surface area contributed by atoms with Gasteiger partial charge in [0.25, 0.3) is 0 Å². The Morgan fingerprint density at radius 1 is 0.952 bits per heavy atom. The van der Waals surface area contributed by atoms with Crippen molar-refractivity contribution >= 4 is 23.4 Å². The predicted molar refractivity (Wildman–Crippen MR) is 87.9 cm³/mol. The molecule has 3 nitrogen and oxygen atoms in total. The maximum absolute atomic E-state index is 12.2. The summed E-state index contributed by atoms with van der Waals surface area (Å²) in [6.45, 7) is 0.469. The zero-order chi connectivity index (χ0) is 13.9. The molecule has 3 aromatic rings. The molecule has 0 aliphatic rings. The summed E-state index contributed by atoms with van der Waals surface area (Å²) in [5.41, 5.74) is 8.18. The molecule has 4 heteroatoms. The van der Waals surface area contributed by atoms with Gasteiger partial charge < -0.3 is 10.2 Å². The fourth-order valence-electron chi connectivity index (χ4n) is 2.28. The van der Waals surface area contributed by atoms with E-state index < -0.39 is 0 Å². The first-order valence-corrected chi connectivity index (χ1v) is 6.60. The Labute approximate surface area is 128 Å². The van der Waals surface area contributed by atoms with Gasteiger partial charge in [-0.1, -0.05) is 36.4 Å². The molecule has 0 atom stereocenters. The quantitative estimate of drug-likeness (QED) is 0.807. The molecule has 0 unspecified atom stereocenters. The molecular formula is C17H16ClNO2. The summed E-state index contributed by atoms with van der Waals surface area (Å²) in [7, 11) is 0. The molecule has 1 heterocycles. The average molecular weight is 302 g/mol. The summed E-state index contributed by atoms with van der Waals surface area (Å²) in [6, 6.07) is 17.2. The van der Waals surface area contributed by atoms with Crippen molar-refractivity contribution in [3.63, 3.8) is 0 Å². The van der Waals surface area contributed by atoms with Crippen LogP contribution in [0, 0.1) is 0 Å². The van der Waals surface area contributed by atoms with E-state index in [1.807, 2.05) is 48.5 Å². The molecule has 0 saturated carbocycles. The van der Waals surface area contributed by atoms with Crippen molar-refractivity contribution < 1.29 is 4.42 Å². The van der Waals surface area contributed by atoms with Crippen LogP contribution in [0.25, 0.3) is 22.1 Å². The van der Waals surface area contributed by atoms with Crippen LogP contribution in [0.3, 0.4) is 0 Å². The van der Waals surface area contributed by atoms with Gasteiger partial charge in [0.15, 0.2) is 5.43 Å². The van der Waals surface area contributed by atoms with Crippen LogP contribution in [0.2, 0.25) is 0 Å². The number of halogens is 1. The van der Waals surface area contributed by atoms with Gasteiger partial charge >= 0.3 is 0 Å². The minimum atomic E-state index is -0.0209. The maximum Gasteiger partial charge on any atom is 0.192 e. The molecule has 0 bridgehead atoms. The zero-order valence-electron chi connectivity index (χ0n) is 11.4. The molecule has 108 valence electrons. The molecule has 0 aliphatic heterocycles. The number of hydrogen-bond donors (Lipinski definition) is 1. The lowest BCUT2D eigenvalue weighted by molar-refractivity contribution is 0.537. The standard InChI is InChI=1S/C17H15NO2.ClH/c18-9-8-14-11-16(19)15-10-13(6-7-17(15)20-14)12-4-2-1-3-5-12;/h1-7,10-11H,8-9,18H2;1H. The summed E-state index contributed by atoms with van der Waals surface area (Å²) in [6.07, 6.45) is 0.575. The highest BCUT2D eigenvalue weighted by Gasteiger charge is 2.06. The Hall–Kier alpha value is -2.10. The van der Waals surface area contributed by atoms with Gasteiger partial charge in [-0.05, 0) is 29.8 Å². The van der Waals surface area contributed by atoms with Gasteiger partial charge in [-0.15, -0.1) is 12.4 Å². The summed E-state index contributed by atoms with van der Waals surface area (Å²) in [5, 5.41) is 0.604. The summed E-state index contributed by atoms with van der Waals surface area (Å²) < 4.78 is 5.69. The summed E-state index contributed by atoms with van der Waals surface area (Å²) in [4.78, 5) is 12.2. The van der Waals surface area contributed by atoms with Crippen molar-refractivity contribution in [3.8, 4) is 11.1 Å². The molecule has 0 saturated heterocycles. The summed E-state index contributed by atoms with van der Waals surface area (Å²) >= 11 is 0. The van der Waals surface area contributed by atoms with Crippen LogP contribution in [0.15, 0.2) is 63.8 Å². The number of nitrogens with two attached hydrogens (primary N) is 1. The van der Waals surface area contributed by atoms with E-state index in [2.05, 4.69) is 0 Å². The lowest BCUT2D eigenvalue weighted by Crippen LogP contribution is -2.07. The predicted octanol–water partition coefficient (Wildman–Crippen LogP) is 3.38. The number of rotatable bonds is 3. The van der Waals surface area contributed by atoms with Crippen LogP contribution < -0.4 is 11.2 Å². The topological polar surface area (TPSA) is 56.2 Å². The van der Waals surface area contributed by atoms with Gasteiger partial charge in [-0.25, -0.2) is 0 Å². The van der Waals surface area contributed by atoms with Gasteiger partial charge in [0, 0.05) is 12.5 Å². The molecule has 2 N–H and O–H groups in total. The molecule has 3 rings (SSSR count). The van der Waals surface area contributed by atoms with Crippen LogP contribution in [0.4, 0.5) is 0 Å². The second-order valence-electron chi connectivity index (χ2n) is 4.69. The normalized spacial score (nSPS) is 10.3. The third-order valence-electron chi connectivity index (χ3n) is 3.28. The van der Waals surface area contributed by atoms with Gasteiger partial charge in [0.05, 0.1) is 5.39 Å². The number of hydrogen-bond acceptors (Lipinski definition) is 3. The van der Waals surface area contributed by atoms with E-state index in [0.717, 1.165) is 11.1 Å². The molecule has 1 aromatic heterocycles. The van der Waals surface area contributed by atoms with Crippen molar-refractivity contribution in [2.75, 3.05) is 6.54 Å². The molecule has 0 aliphatic carbocycles. The number of benzene rings is 2. The van der Waals surface area contributed by atoms with Gasteiger partial charge in [-0.3, -0.25) is 4.79 Å². The van der Waals surface area contributed by atoms with Crippen LogP contribution in [0.1, 0.15) is 5.76 Å². The largest absolute Gasteiger partial charge is 0.461 e. The Bertz CT molecular complexity index is 797. The van der Waals surface area contributed by atoms with Gasteiger partial charge in [-0.2, -0.15) is 0 Å². The van der Waals surface area contributed by atoms with Crippen molar-refractivity contribution in [3.05, 3.63) is 70.6 Å². The van der Waals surface area contributed by atoms with Crippen molar-refractivity contribution in [2.45, 2.75) is 6.42 Å². The van der Waals surface area contributed by atoms with E-state index in [1.165, 1.54) is 6.07 Å². The van der Waals surface area contributed by atoms with Crippen molar-refractivity contribution in [1.29, 1.82) is 0 Å². The second kappa shape index (κ2) is 6.57. The van der Waals surface area contributed by atoms with Crippen LogP contribution in [-0.4, -0.2) is 6.54 Å². The molecule has 0 radical (unpaired) electrons. The van der Waals surface area contributed by atoms with E-state index in [-0.39, 0.29) is 17.8 Å². The Morgan fingerprint density at radius 3 is 2.43 bits per heavy atom. The third-order valence-corrected chi connectivity index (χ3v) is 3.28. The highest BCUT2D eigenvalue weighted by atomic mass is 35.5. The van der Waals surface area contributed by atoms with E-state index in [4.69, 9.17) is 10.2 Å². The first kappa shape index (κ1) is 15.3. The minimum absolute atomic E-state index is 0. The molecular weight excluding hydrogens is 286 g/mol. The first-order chi connectivity index (χ1) is 9.78. The lowest BCUT2D eigenvalue weighted by Gasteiger charge is -2.05. The third kappa shape index (κ3) is 3.15. The molecule has 0 amide bonds. The Morgan fingerprint density at radius 2 is 1.71 bits per heavy atom. The monoisotopic (exact) mass is 301 g/mol. The highest BCUT2D eigenvalue weighted by molar-refractivity contribution is 5.85. The second-order valence-corrected chi connectivity index (χ2v) is 4.69. The van der Waals surface area contributed by atoms with E-state index in [1.54, 1.807) is 0 Å². The highest BCUT2D eigenvalue weighted by Crippen LogP contribution is 2.23. The van der Waals surface area contributed by atoms with Gasteiger partial charge in [0.1, 0.15) is 11.3 Å². The molecule has 0 spiro atoms. The van der Waals surface area contributed by atoms with Crippen LogP contribution in [0.5, 0.6) is 0 Å². The van der Waals surface area contributed by atoms with E-state index in [0.29, 0.717) is 29.7 Å². The van der Waals surface area contributed by atoms with Crippen molar-refractivity contribution in [1.82, 2.24) is 0 Å². The molecule has 0 fully saturated rings. The first-order valence-electron chi connectivity index (χ1n) is 6.60. The van der Waals surface area contributed by atoms with Gasteiger partial charge in [0.2, 0.25) is 0 Å². The SMILES string of the molecule is Cl.NCCc1cc(=O)c2cc(-c3ccccc3)ccc2o1. The van der Waals surface area contributed by atoms with Crippen LogP contribution >= 0.6 is 12.4 Å². The lowest BCUT2D eigenvalue weighted by atomic mass is 10.0. The smallest absolute Gasteiger partial charge is 0.192 e. The number of fused-ring (bicyclic) bond motifs is 1. The van der Waals surface area contributed by atoms with E-state index in [9.17, 15) is 4.79 Å². The molecule has 21 heavy (non-hydrogen) atoms. The molecule has 2 aromatic carbocycles. The Kier molecular flexibility index (Phi) is 4.78. The van der Waals surface area contributed by atoms with E-state index >= 15 is 0 Å².